The Morgan fingerprint density at radius 2 is 1.66 bits per heavy atom. The number of hydrogen-bond acceptors (Lipinski definition) is 6. The minimum Gasteiger partial charge on any atom is -0.465 e. The van der Waals surface area contributed by atoms with E-state index in [1.54, 1.807) is 11.6 Å². The van der Waals surface area contributed by atoms with Gasteiger partial charge in [0.05, 0.1) is 23.3 Å². The highest BCUT2D eigenvalue weighted by molar-refractivity contribution is 7.89. The Kier molecular flexibility index (Phi) is 5.98. The number of carbonyl (C=O) groups excluding carboxylic acids is 1. The summed E-state index contributed by atoms with van der Waals surface area (Å²) in [6.45, 7) is 0.622. The van der Waals surface area contributed by atoms with E-state index in [0.717, 1.165) is 5.69 Å². The highest BCUT2D eigenvalue weighted by atomic mass is 32.2. The maximum atomic E-state index is 13.1. The number of nitrogens with zero attached hydrogens (tertiary/aromatic N) is 4. The third-order valence-corrected chi connectivity index (χ3v) is 7.61. The Morgan fingerprint density at radius 1 is 1.03 bits per heavy atom. The molecule has 0 unspecified atom stereocenters. The molecule has 1 fully saturated rings. The average Bonchev–Trinajstić information content (AvgIpc) is 3.13. The van der Waals surface area contributed by atoms with Gasteiger partial charge in [-0.1, -0.05) is 18.2 Å². The van der Waals surface area contributed by atoms with Crippen molar-refractivity contribution < 1.29 is 17.9 Å². The third-order valence-electron chi connectivity index (χ3n) is 5.70. The van der Waals surface area contributed by atoms with Crippen molar-refractivity contribution in [1.29, 1.82) is 0 Å². The molecule has 1 aromatic heterocycles. The molecular formula is C22H24N4O5S. The molecular weight excluding hydrogens is 432 g/mol. The molecule has 0 saturated carbocycles. The summed E-state index contributed by atoms with van der Waals surface area (Å²) < 4.78 is 35.1. The maximum absolute atomic E-state index is 13.1. The number of carbonyl (C=O) groups is 1. The van der Waals surface area contributed by atoms with Gasteiger partial charge in [-0.15, -0.1) is 0 Å². The predicted molar refractivity (Wildman–Crippen MR) is 117 cm³/mol. The van der Waals surface area contributed by atoms with Gasteiger partial charge in [-0.2, -0.15) is 9.40 Å². The van der Waals surface area contributed by atoms with E-state index in [1.807, 2.05) is 30.3 Å². The van der Waals surface area contributed by atoms with Crippen molar-refractivity contribution in [2.75, 3.05) is 20.2 Å². The summed E-state index contributed by atoms with van der Waals surface area (Å²) >= 11 is 0. The lowest BCUT2D eigenvalue weighted by Gasteiger charge is -2.30. The van der Waals surface area contributed by atoms with Crippen LogP contribution in [-0.4, -0.2) is 53.2 Å². The minimum absolute atomic E-state index is 0.0442. The van der Waals surface area contributed by atoms with Crippen molar-refractivity contribution in [2.45, 2.75) is 23.7 Å². The molecule has 2 heterocycles. The largest absolute Gasteiger partial charge is 0.465 e. The fourth-order valence-electron chi connectivity index (χ4n) is 3.95. The van der Waals surface area contributed by atoms with Crippen molar-refractivity contribution in [3.05, 3.63) is 76.5 Å². The zero-order valence-electron chi connectivity index (χ0n) is 17.8. The number of aromatic nitrogens is 3. The summed E-state index contributed by atoms with van der Waals surface area (Å²) in [6, 6.07) is 15.0. The fraction of sp³-hybridized carbons (Fsp3) is 0.318. The molecule has 168 valence electrons. The Hall–Kier alpha value is -3.24. The lowest BCUT2D eigenvalue weighted by atomic mass is 9.97. The molecule has 1 aliphatic rings. The van der Waals surface area contributed by atoms with Crippen LogP contribution in [-0.2, 0) is 21.8 Å². The number of piperidine rings is 1. The van der Waals surface area contributed by atoms with Crippen LogP contribution < -0.4 is 5.69 Å². The lowest BCUT2D eigenvalue weighted by Crippen LogP contribution is -2.38. The molecule has 4 rings (SSSR count). The van der Waals surface area contributed by atoms with Crippen LogP contribution >= 0.6 is 0 Å². The zero-order valence-corrected chi connectivity index (χ0v) is 18.7. The summed E-state index contributed by atoms with van der Waals surface area (Å²) in [5.74, 6) is 0.0787. The SMILES string of the molecule is COC(=O)c1ccc(S(=O)(=O)N2CCC(c3nn(C)c(=O)n3-c3ccccc3)CC2)cc1. The molecule has 10 heteroatoms. The van der Waals surface area contributed by atoms with Gasteiger partial charge in [-0.25, -0.2) is 27.3 Å². The molecule has 3 aromatic rings. The number of sulfonamides is 1. The monoisotopic (exact) mass is 456 g/mol. The second-order valence-corrected chi connectivity index (χ2v) is 9.57. The summed E-state index contributed by atoms with van der Waals surface area (Å²) in [4.78, 5) is 24.4. The zero-order chi connectivity index (χ0) is 22.9. The van der Waals surface area contributed by atoms with Crippen LogP contribution in [0.2, 0.25) is 0 Å². The van der Waals surface area contributed by atoms with Gasteiger partial charge in [0, 0.05) is 26.1 Å². The van der Waals surface area contributed by atoms with Crippen LogP contribution in [0.4, 0.5) is 0 Å². The highest BCUT2D eigenvalue weighted by Gasteiger charge is 2.32. The quantitative estimate of drug-likeness (QED) is 0.544. The van der Waals surface area contributed by atoms with Gasteiger partial charge in [-0.05, 0) is 49.2 Å². The van der Waals surface area contributed by atoms with E-state index in [2.05, 4.69) is 9.84 Å². The first kappa shape index (κ1) is 22.0. The van der Waals surface area contributed by atoms with Crippen molar-refractivity contribution in [3.8, 4) is 5.69 Å². The van der Waals surface area contributed by atoms with Crippen LogP contribution in [0, 0.1) is 0 Å². The van der Waals surface area contributed by atoms with E-state index in [4.69, 9.17) is 0 Å². The third kappa shape index (κ3) is 3.98. The first-order chi connectivity index (χ1) is 15.3. The summed E-state index contributed by atoms with van der Waals surface area (Å²) in [5.41, 5.74) is 0.799. The van der Waals surface area contributed by atoms with Gasteiger partial charge < -0.3 is 4.74 Å². The predicted octanol–water partition coefficient (Wildman–Crippen LogP) is 1.93. The molecule has 0 N–H and O–H groups in total. The smallest absolute Gasteiger partial charge is 0.350 e. The number of rotatable bonds is 5. The van der Waals surface area contributed by atoms with E-state index in [0.29, 0.717) is 37.3 Å². The van der Waals surface area contributed by atoms with E-state index < -0.39 is 16.0 Å². The van der Waals surface area contributed by atoms with Crippen molar-refractivity contribution in [3.63, 3.8) is 0 Å². The van der Waals surface area contributed by atoms with E-state index in [-0.39, 0.29) is 16.5 Å². The van der Waals surface area contributed by atoms with Crippen LogP contribution in [0.5, 0.6) is 0 Å². The van der Waals surface area contributed by atoms with Crippen LogP contribution in [0.1, 0.15) is 34.9 Å². The first-order valence-corrected chi connectivity index (χ1v) is 11.7. The van der Waals surface area contributed by atoms with Gasteiger partial charge in [0.1, 0.15) is 5.82 Å². The molecule has 2 aromatic carbocycles. The van der Waals surface area contributed by atoms with Crippen LogP contribution in [0.15, 0.2) is 64.3 Å². The Labute approximate surface area is 185 Å². The van der Waals surface area contributed by atoms with E-state index in [9.17, 15) is 18.0 Å². The highest BCUT2D eigenvalue weighted by Crippen LogP contribution is 2.30. The molecule has 0 spiro atoms. The summed E-state index contributed by atoms with van der Waals surface area (Å²) in [7, 11) is -0.807. The van der Waals surface area contributed by atoms with Crippen LogP contribution in [0.25, 0.3) is 5.69 Å². The average molecular weight is 457 g/mol. The number of methoxy groups -OCH3 is 1. The van der Waals surface area contributed by atoms with Gasteiger partial charge in [0.15, 0.2) is 0 Å². The lowest BCUT2D eigenvalue weighted by molar-refractivity contribution is 0.0600. The fourth-order valence-corrected chi connectivity index (χ4v) is 5.42. The molecule has 1 saturated heterocycles. The second kappa shape index (κ2) is 8.71. The number of benzene rings is 2. The van der Waals surface area contributed by atoms with E-state index in [1.165, 1.54) is 40.4 Å². The molecule has 0 atom stereocenters. The van der Waals surface area contributed by atoms with Crippen molar-refractivity contribution in [2.24, 2.45) is 7.05 Å². The normalized spacial score (nSPS) is 15.6. The Morgan fingerprint density at radius 3 is 2.25 bits per heavy atom. The maximum Gasteiger partial charge on any atom is 0.350 e. The topological polar surface area (TPSA) is 104 Å². The first-order valence-electron chi connectivity index (χ1n) is 10.2. The number of aryl methyl sites for hydroxylation is 1. The summed E-state index contributed by atoms with van der Waals surface area (Å²) in [5, 5.41) is 4.45. The van der Waals surface area contributed by atoms with Crippen LogP contribution in [0.3, 0.4) is 0 Å². The number of hydrogen-bond donors (Lipinski definition) is 0. The van der Waals surface area contributed by atoms with Crippen molar-refractivity contribution >= 4 is 16.0 Å². The number of ether oxygens (including phenoxy) is 1. The van der Waals surface area contributed by atoms with Gasteiger partial charge in [0.25, 0.3) is 0 Å². The van der Waals surface area contributed by atoms with Gasteiger partial charge in [-0.3, -0.25) is 0 Å². The molecule has 9 nitrogen and oxygen atoms in total. The number of esters is 1. The van der Waals surface area contributed by atoms with E-state index >= 15 is 0 Å². The second-order valence-electron chi connectivity index (χ2n) is 7.63. The van der Waals surface area contributed by atoms with Gasteiger partial charge in [0.2, 0.25) is 10.0 Å². The van der Waals surface area contributed by atoms with Gasteiger partial charge >= 0.3 is 11.7 Å². The molecule has 0 bridgehead atoms. The molecule has 32 heavy (non-hydrogen) atoms. The molecule has 0 radical (unpaired) electrons. The molecule has 1 aliphatic heterocycles. The molecule has 0 aliphatic carbocycles. The Balaban J connectivity index is 1.53. The standard InChI is InChI=1S/C22H24N4O5S/c1-24-22(28)26(18-6-4-3-5-7-18)20(23-24)16-12-14-25(15-13-16)32(29,30)19-10-8-17(9-11-19)21(27)31-2/h3-11,16H,12-15H2,1-2H3. The minimum atomic E-state index is -3.70. The number of para-hydroxylation sites is 1. The molecule has 0 amide bonds. The summed E-state index contributed by atoms with van der Waals surface area (Å²) in [6.07, 6.45) is 1.09. The Bertz CT molecular complexity index is 1270. The van der Waals surface area contributed by atoms with Crippen molar-refractivity contribution in [1.82, 2.24) is 18.7 Å².